The average Bonchev–Trinajstić information content (AvgIpc) is 2.41. The molecule has 1 aromatic carbocycles. The van der Waals surface area contributed by atoms with E-state index in [4.69, 9.17) is 10.5 Å². The SMILES string of the molecule is Cc1c(N)cc(Br)cc1S(=O)(=O)N1CC(C)OC(CO)C1. The van der Waals surface area contributed by atoms with Crippen LogP contribution >= 0.6 is 15.9 Å². The molecule has 1 saturated heterocycles. The summed E-state index contributed by atoms with van der Waals surface area (Å²) in [4.78, 5) is 0.181. The third-order valence-corrected chi connectivity index (χ3v) is 5.89. The van der Waals surface area contributed by atoms with Gasteiger partial charge >= 0.3 is 0 Å². The summed E-state index contributed by atoms with van der Waals surface area (Å²) in [6, 6.07) is 3.22. The summed E-state index contributed by atoms with van der Waals surface area (Å²) in [5, 5.41) is 9.23. The summed E-state index contributed by atoms with van der Waals surface area (Å²) in [6.07, 6.45) is -0.774. The normalized spacial score (nSPS) is 24.2. The van der Waals surface area contributed by atoms with E-state index < -0.39 is 16.1 Å². The highest BCUT2D eigenvalue weighted by molar-refractivity contribution is 9.10. The lowest BCUT2D eigenvalue weighted by atomic mass is 10.2. The number of ether oxygens (including phenoxy) is 1. The molecule has 0 aromatic heterocycles. The lowest BCUT2D eigenvalue weighted by molar-refractivity contribution is -0.0750. The predicted octanol–water partition coefficient (Wildman–Crippen LogP) is 1.11. The third kappa shape index (κ3) is 3.40. The highest BCUT2D eigenvalue weighted by Gasteiger charge is 2.34. The summed E-state index contributed by atoms with van der Waals surface area (Å²) in [5.41, 5.74) is 6.80. The Bertz CT molecular complexity index is 635. The van der Waals surface area contributed by atoms with Crippen molar-refractivity contribution in [3.05, 3.63) is 22.2 Å². The number of halogens is 1. The van der Waals surface area contributed by atoms with Crippen molar-refractivity contribution >= 4 is 31.6 Å². The number of nitrogen functional groups attached to an aromatic ring is 1. The molecule has 3 N–H and O–H groups in total. The zero-order valence-corrected chi connectivity index (χ0v) is 14.3. The molecule has 1 aliphatic heterocycles. The molecule has 0 saturated carbocycles. The first kappa shape index (κ1) is 16.7. The van der Waals surface area contributed by atoms with E-state index in [1.807, 2.05) is 0 Å². The van der Waals surface area contributed by atoms with Crippen LogP contribution in [0.15, 0.2) is 21.5 Å². The quantitative estimate of drug-likeness (QED) is 0.768. The Hall–Kier alpha value is -0.670. The van der Waals surface area contributed by atoms with Gasteiger partial charge in [0.15, 0.2) is 0 Å². The van der Waals surface area contributed by atoms with Gasteiger partial charge in [0.1, 0.15) is 0 Å². The Morgan fingerprint density at radius 1 is 1.48 bits per heavy atom. The van der Waals surface area contributed by atoms with Gasteiger partial charge in [-0.1, -0.05) is 15.9 Å². The summed E-state index contributed by atoms with van der Waals surface area (Å²) >= 11 is 3.27. The molecule has 1 fully saturated rings. The van der Waals surface area contributed by atoms with Gasteiger partial charge in [-0.2, -0.15) is 4.31 Å². The Morgan fingerprint density at radius 3 is 2.76 bits per heavy atom. The van der Waals surface area contributed by atoms with Crippen molar-refractivity contribution in [3.63, 3.8) is 0 Å². The largest absolute Gasteiger partial charge is 0.398 e. The Balaban J connectivity index is 2.42. The number of morpholine rings is 1. The van der Waals surface area contributed by atoms with Crippen LogP contribution in [-0.2, 0) is 14.8 Å². The van der Waals surface area contributed by atoms with Crippen LogP contribution < -0.4 is 5.73 Å². The van der Waals surface area contributed by atoms with Crippen molar-refractivity contribution < 1.29 is 18.3 Å². The first-order valence-electron chi connectivity index (χ1n) is 6.57. The molecule has 0 amide bonds. The van der Waals surface area contributed by atoms with Crippen LogP contribution in [0.2, 0.25) is 0 Å². The van der Waals surface area contributed by atoms with Gasteiger partial charge in [0.25, 0.3) is 0 Å². The monoisotopic (exact) mass is 378 g/mol. The van der Waals surface area contributed by atoms with Gasteiger partial charge in [-0.05, 0) is 31.5 Å². The molecule has 21 heavy (non-hydrogen) atoms. The molecular formula is C13H19BrN2O4S. The number of hydrogen-bond donors (Lipinski definition) is 2. The molecule has 1 aromatic rings. The van der Waals surface area contributed by atoms with E-state index in [9.17, 15) is 13.5 Å². The fourth-order valence-electron chi connectivity index (χ4n) is 2.38. The Kier molecular flexibility index (Phi) is 4.94. The topological polar surface area (TPSA) is 92.9 Å². The molecule has 0 radical (unpaired) electrons. The van der Waals surface area contributed by atoms with Gasteiger partial charge in [0, 0.05) is 23.2 Å². The molecule has 1 aliphatic rings. The van der Waals surface area contributed by atoms with Gasteiger partial charge < -0.3 is 15.6 Å². The van der Waals surface area contributed by atoms with E-state index in [0.717, 1.165) is 0 Å². The highest BCUT2D eigenvalue weighted by Crippen LogP contribution is 2.29. The van der Waals surface area contributed by atoms with Gasteiger partial charge in [-0.25, -0.2) is 8.42 Å². The lowest BCUT2D eigenvalue weighted by Gasteiger charge is -2.35. The van der Waals surface area contributed by atoms with Crippen LogP contribution in [0.4, 0.5) is 5.69 Å². The Morgan fingerprint density at radius 2 is 2.14 bits per heavy atom. The van der Waals surface area contributed by atoms with Gasteiger partial charge in [0.05, 0.1) is 23.7 Å². The zero-order chi connectivity index (χ0) is 15.8. The van der Waals surface area contributed by atoms with Crippen molar-refractivity contribution in [2.75, 3.05) is 25.4 Å². The summed E-state index contributed by atoms with van der Waals surface area (Å²) in [6.45, 7) is 3.64. The second kappa shape index (κ2) is 6.21. The minimum atomic E-state index is -3.68. The van der Waals surface area contributed by atoms with Gasteiger partial charge in [-0.15, -0.1) is 0 Å². The zero-order valence-electron chi connectivity index (χ0n) is 11.9. The number of rotatable bonds is 3. The second-order valence-corrected chi connectivity index (χ2v) is 8.01. The van der Waals surface area contributed by atoms with Crippen LogP contribution in [0.5, 0.6) is 0 Å². The third-order valence-electron chi connectivity index (χ3n) is 3.48. The van der Waals surface area contributed by atoms with E-state index in [-0.39, 0.29) is 30.7 Å². The smallest absolute Gasteiger partial charge is 0.243 e. The van der Waals surface area contributed by atoms with Crippen molar-refractivity contribution in [2.24, 2.45) is 0 Å². The molecule has 8 heteroatoms. The first-order chi connectivity index (χ1) is 9.75. The van der Waals surface area contributed by atoms with Crippen LogP contribution in [0.3, 0.4) is 0 Å². The number of anilines is 1. The maximum absolute atomic E-state index is 12.8. The van der Waals surface area contributed by atoms with Crippen molar-refractivity contribution in [3.8, 4) is 0 Å². The van der Waals surface area contributed by atoms with E-state index in [2.05, 4.69) is 15.9 Å². The summed E-state index contributed by atoms with van der Waals surface area (Å²) in [5.74, 6) is 0. The van der Waals surface area contributed by atoms with Crippen LogP contribution in [0, 0.1) is 6.92 Å². The van der Waals surface area contributed by atoms with Crippen LogP contribution in [-0.4, -0.2) is 49.7 Å². The molecule has 2 rings (SSSR count). The predicted molar refractivity (Wildman–Crippen MR) is 83.5 cm³/mol. The average molecular weight is 379 g/mol. The molecule has 2 unspecified atom stereocenters. The van der Waals surface area contributed by atoms with Crippen molar-refractivity contribution in [1.29, 1.82) is 0 Å². The molecule has 0 spiro atoms. The van der Waals surface area contributed by atoms with E-state index in [0.29, 0.717) is 15.7 Å². The van der Waals surface area contributed by atoms with Gasteiger partial charge in [-0.3, -0.25) is 0 Å². The lowest BCUT2D eigenvalue weighted by Crippen LogP contribution is -2.50. The number of hydrogen-bond acceptors (Lipinski definition) is 5. The minimum Gasteiger partial charge on any atom is -0.398 e. The highest BCUT2D eigenvalue weighted by atomic mass is 79.9. The standard InChI is InChI=1S/C13H19BrN2O4S/c1-8-5-16(6-11(7-17)20-8)21(18,19)13-4-10(14)3-12(15)9(13)2/h3-4,8,11,17H,5-7,15H2,1-2H3. The molecule has 6 nitrogen and oxygen atoms in total. The second-order valence-electron chi connectivity index (χ2n) is 5.19. The van der Waals surface area contributed by atoms with E-state index >= 15 is 0 Å². The molecule has 118 valence electrons. The number of benzene rings is 1. The number of aliphatic hydroxyl groups is 1. The fraction of sp³-hybridized carbons (Fsp3) is 0.538. The summed E-state index contributed by atoms with van der Waals surface area (Å²) < 4.78 is 33.1. The molecule has 1 heterocycles. The van der Waals surface area contributed by atoms with E-state index in [1.54, 1.807) is 26.0 Å². The fourth-order valence-corrected chi connectivity index (χ4v) is 4.84. The number of nitrogens with two attached hydrogens (primary N) is 1. The first-order valence-corrected chi connectivity index (χ1v) is 8.81. The molecular weight excluding hydrogens is 360 g/mol. The van der Waals surface area contributed by atoms with Crippen LogP contribution in [0.25, 0.3) is 0 Å². The van der Waals surface area contributed by atoms with E-state index in [1.165, 1.54) is 4.31 Å². The Labute approximate surface area is 133 Å². The number of aliphatic hydroxyl groups excluding tert-OH is 1. The van der Waals surface area contributed by atoms with Crippen molar-refractivity contribution in [1.82, 2.24) is 4.31 Å². The number of sulfonamides is 1. The van der Waals surface area contributed by atoms with Gasteiger partial charge in [0.2, 0.25) is 10.0 Å². The maximum atomic E-state index is 12.8. The minimum absolute atomic E-state index is 0.134. The molecule has 2 atom stereocenters. The molecule has 0 aliphatic carbocycles. The maximum Gasteiger partial charge on any atom is 0.243 e. The summed E-state index contributed by atoms with van der Waals surface area (Å²) in [7, 11) is -3.68. The van der Waals surface area contributed by atoms with Crippen molar-refractivity contribution in [2.45, 2.75) is 31.0 Å². The van der Waals surface area contributed by atoms with Crippen LogP contribution in [0.1, 0.15) is 12.5 Å². The number of nitrogens with zero attached hydrogens (tertiary/aromatic N) is 1. The molecule has 0 bridgehead atoms.